The van der Waals surface area contributed by atoms with Crippen LogP contribution in [0.3, 0.4) is 0 Å². The maximum Gasteiger partial charge on any atom is 0.166 e. The minimum Gasteiger partial charge on any atom is -0.454 e. The first-order valence-corrected chi connectivity index (χ1v) is 6.91. The third-order valence-electron chi connectivity index (χ3n) is 3.03. The largest absolute Gasteiger partial charge is 0.454 e. The van der Waals surface area contributed by atoms with Crippen LogP contribution in [0.2, 0.25) is 0 Å². The van der Waals surface area contributed by atoms with Crippen LogP contribution in [0.5, 0.6) is 11.5 Å². The van der Waals surface area contributed by atoms with Crippen LogP contribution in [-0.4, -0.2) is 20.3 Å². The van der Waals surface area contributed by atoms with Crippen molar-refractivity contribution in [1.29, 1.82) is 0 Å². The van der Waals surface area contributed by atoms with Gasteiger partial charge in [0.05, 0.1) is 6.61 Å². The van der Waals surface area contributed by atoms with E-state index in [1.807, 2.05) is 37.3 Å². The van der Waals surface area contributed by atoms with Gasteiger partial charge in [0.15, 0.2) is 11.6 Å². The Labute approximate surface area is 124 Å². The zero-order chi connectivity index (χ0) is 15.1. The molecule has 0 aliphatic carbocycles. The SMILES string of the molecule is COCCNCc1ccc(Oc2cccc(C)c2)c(F)c1. The molecule has 0 atom stereocenters. The summed E-state index contributed by atoms with van der Waals surface area (Å²) in [6.07, 6.45) is 0. The Balaban J connectivity index is 1.98. The number of aryl methyl sites for hydroxylation is 1. The fraction of sp³-hybridized carbons (Fsp3) is 0.294. The number of halogens is 1. The van der Waals surface area contributed by atoms with Crippen molar-refractivity contribution in [3.8, 4) is 11.5 Å². The van der Waals surface area contributed by atoms with E-state index in [1.165, 1.54) is 6.07 Å². The van der Waals surface area contributed by atoms with Gasteiger partial charge in [-0.1, -0.05) is 18.2 Å². The number of hydrogen-bond donors (Lipinski definition) is 1. The van der Waals surface area contributed by atoms with Gasteiger partial charge in [0.2, 0.25) is 0 Å². The van der Waals surface area contributed by atoms with Crippen molar-refractivity contribution in [2.75, 3.05) is 20.3 Å². The Morgan fingerprint density at radius 3 is 2.71 bits per heavy atom. The molecule has 2 aromatic carbocycles. The van der Waals surface area contributed by atoms with Crippen LogP contribution in [0.15, 0.2) is 42.5 Å². The molecule has 0 unspecified atom stereocenters. The van der Waals surface area contributed by atoms with Gasteiger partial charge >= 0.3 is 0 Å². The summed E-state index contributed by atoms with van der Waals surface area (Å²) in [5, 5.41) is 3.17. The van der Waals surface area contributed by atoms with Crippen LogP contribution in [0.1, 0.15) is 11.1 Å². The first-order valence-electron chi connectivity index (χ1n) is 6.91. The van der Waals surface area contributed by atoms with E-state index in [0.29, 0.717) is 18.9 Å². The van der Waals surface area contributed by atoms with Gasteiger partial charge in [-0.3, -0.25) is 0 Å². The predicted molar refractivity (Wildman–Crippen MR) is 81.2 cm³/mol. The second kappa shape index (κ2) is 7.76. The van der Waals surface area contributed by atoms with E-state index >= 15 is 0 Å². The molecule has 0 heterocycles. The number of benzene rings is 2. The number of rotatable bonds is 7. The highest BCUT2D eigenvalue weighted by Crippen LogP contribution is 2.25. The van der Waals surface area contributed by atoms with E-state index in [4.69, 9.17) is 9.47 Å². The number of hydrogen-bond acceptors (Lipinski definition) is 3. The van der Waals surface area contributed by atoms with Crippen molar-refractivity contribution in [3.63, 3.8) is 0 Å². The lowest BCUT2D eigenvalue weighted by atomic mass is 10.2. The zero-order valence-corrected chi connectivity index (χ0v) is 12.4. The maximum atomic E-state index is 14.0. The summed E-state index contributed by atoms with van der Waals surface area (Å²) in [5.74, 6) is 0.517. The molecule has 3 nitrogen and oxygen atoms in total. The normalized spacial score (nSPS) is 10.6. The van der Waals surface area contributed by atoms with Crippen LogP contribution in [-0.2, 0) is 11.3 Å². The van der Waals surface area contributed by atoms with Crippen LogP contribution in [0.25, 0.3) is 0 Å². The average molecular weight is 289 g/mol. The highest BCUT2D eigenvalue weighted by Gasteiger charge is 2.06. The average Bonchev–Trinajstić information content (AvgIpc) is 2.46. The molecule has 0 spiro atoms. The van der Waals surface area contributed by atoms with Gasteiger partial charge in [-0.2, -0.15) is 0 Å². The fourth-order valence-electron chi connectivity index (χ4n) is 1.95. The molecular formula is C17H20FNO2. The Morgan fingerprint density at radius 2 is 2.00 bits per heavy atom. The molecule has 0 saturated carbocycles. The molecule has 112 valence electrons. The van der Waals surface area contributed by atoms with E-state index in [-0.39, 0.29) is 11.6 Å². The monoisotopic (exact) mass is 289 g/mol. The summed E-state index contributed by atoms with van der Waals surface area (Å²) < 4.78 is 24.5. The molecule has 0 saturated heterocycles. The van der Waals surface area contributed by atoms with Gasteiger partial charge in [0, 0.05) is 20.2 Å². The minimum atomic E-state index is -0.359. The number of ether oxygens (including phenoxy) is 2. The molecule has 0 radical (unpaired) electrons. The standard InChI is InChI=1S/C17H20FNO2/c1-13-4-3-5-15(10-13)21-17-7-6-14(11-16(17)18)12-19-8-9-20-2/h3-7,10-11,19H,8-9,12H2,1-2H3. The highest BCUT2D eigenvalue weighted by molar-refractivity contribution is 5.36. The maximum absolute atomic E-state index is 14.0. The smallest absolute Gasteiger partial charge is 0.166 e. The lowest BCUT2D eigenvalue weighted by molar-refractivity contribution is 0.199. The zero-order valence-electron chi connectivity index (χ0n) is 12.4. The van der Waals surface area contributed by atoms with E-state index in [1.54, 1.807) is 13.2 Å². The van der Waals surface area contributed by atoms with Crippen LogP contribution in [0.4, 0.5) is 4.39 Å². The van der Waals surface area contributed by atoms with Crippen molar-refractivity contribution in [2.24, 2.45) is 0 Å². The molecule has 0 fully saturated rings. The minimum absolute atomic E-state index is 0.237. The summed E-state index contributed by atoms with van der Waals surface area (Å²) in [7, 11) is 1.65. The van der Waals surface area contributed by atoms with Crippen molar-refractivity contribution >= 4 is 0 Å². The molecular weight excluding hydrogens is 269 g/mol. The van der Waals surface area contributed by atoms with Gasteiger partial charge in [0.25, 0.3) is 0 Å². The molecule has 0 aliphatic rings. The Kier molecular flexibility index (Phi) is 5.72. The van der Waals surface area contributed by atoms with Crippen LogP contribution in [0, 0.1) is 12.7 Å². The van der Waals surface area contributed by atoms with Gasteiger partial charge in [-0.25, -0.2) is 4.39 Å². The number of nitrogens with one attached hydrogen (secondary N) is 1. The highest BCUT2D eigenvalue weighted by atomic mass is 19.1. The van der Waals surface area contributed by atoms with Crippen LogP contribution < -0.4 is 10.1 Å². The Hall–Kier alpha value is -1.91. The first-order chi connectivity index (χ1) is 10.2. The van der Waals surface area contributed by atoms with Gasteiger partial charge in [0.1, 0.15) is 5.75 Å². The van der Waals surface area contributed by atoms with E-state index in [2.05, 4.69) is 5.32 Å². The molecule has 0 bridgehead atoms. The first kappa shape index (κ1) is 15.5. The summed E-state index contributed by atoms with van der Waals surface area (Å²) in [5.41, 5.74) is 1.95. The van der Waals surface area contributed by atoms with Crippen molar-refractivity contribution in [3.05, 3.63) is 59.4 Å². The molecule has 0 aromatic heterocycles. The molecule has 21 heavy (non-hydrogen) atoms. The third-order valence-corrected chi connectivity index (χ3v) is 3.03. The lowest BCUT2D eigenvalue weighted by Gasteiger charge is -2.09. The molecule has 2 rings (SSSR count). The van der Waals surface area contributed by atoms with Crippen molar-refractivity contribution in [2.45, 2.75) is 13.5 Å². The second-order valence-corrected chi connectivity index (χ2v) is 4.85. The van der Waals surface area contributed by atoms with E-state index in [9.17, 15) is 4.39 Å². The number of methoxy groups -OCH3 is 1. The Bertz CT molecular complexity index is 587. The molecule has 0 aliphatic heterocycles. The predicted octanol–water partition coefficient (Wildman–Crippen LogP) is 3.66. The molecule has 1 N–H and O–H groups in total. The summed E-state index contributed by atoms with van der Waals surface area (Å²) >= 11 is 0. The van der Waals surface area contributed by atoms with E-state index in [0.717, 1.165) is 17.7 Å². The van der Waals surface area contributed by atoms with Crippen LogP contribution >= 0.6 is 0 Å². The fourth-order valence-corrected chi connectivity index (χ4v) is 1.95. The Morgan fingerprint density at radius 1 is 1.14 bits per heavy atom. The summed E-state index contributed by atoms with van der Waals surface area (Å²) in [6.45, 7) is 3.94. The van der Waals surface area contributed by atoms with Crippen molar-refractivity contribution in [1.82, 2.24) is 5.32 Å². The summed E-state index contributed by atoms with van der Waals surface area (Å²) in [6, 6.07) is 12.5. The second-order valence-electron chi connectivity index (χ2n) is 4.85. The topological polar surface area (TPSA) is 30.5 Å². The van der Waals surface area contributed by atoms with Gasteiger partial charge < -0.3 is 14.8 Å². The third kappa shape index (κ3) is 4.85. The van der Waals surface area contributed by atoms with E-state index < -0.39 is 0 Å². The van der Waals surface area contributed by atoms with Gasteiger partial charge in [-0.05, 0) is 42.3 Å². The van der Waals surface area contributed by atoms with Crippen molar-refractivity contribution < 1.29 is 13.9 Å². The molecule has 4 heteroatoms. The molecule has 0 amide bonds. The summed E-state index contributed by atoms with van der Waals surface area (Å²) in [4.78, 5) is 0. The van der Waals surface area contributed by atoms with Gasteiger partial charge in [-0.15, -0.1) is 0 Å². The molecule has 2 aromatic rings. The quantitative estimate of drug-likeness (QED) is 0.789. The lowest BCUT2D eigenvalue weighted by Crippen LogP contribution is -2.18.